The third-order valence-electron chi connectivity index (χ3n) is 0.966. The fourth-order valence-electron chi connectivity index (χ4n) is 0.463. The maximum absolute atomic E-state index is 10.7. The molecule has 0 amide bonds. The Morgan fingerprint density at radius 3 is 2.80 bits per heavy atom. The van der Waals surface area contributed by atoms with Gasteiger partial charge in [-0.15, -0.1) is 6.58 Å². The molecule has 1 atom stereocenters. The van der Waals surface area contributed by atoms with Gasteiger partial charge in [0.1, 0.15) is 0 Å². The van der Waals surface area contributed by atoms with E-state index in [2.05, 4.69) is 11.3 Å². The third-order valence-corrected chi connectivity index (χ3v) is 1.27. The van der Waals surface area contributed by atoms with Crippen LogP contribution in [0.5, 0.6) is 0 Å². The Labute approximate surface area is 64.8 Å². The van der Waals surface area contributed by atoms with Gasteiger partial charge in [0, 0.05) is 6.42 Å². The van der Waals surface area contributed by atoms with Crippen LogP contribution in [0.4, 0.5) is 0 Å². The number of esters is 1. The van der Waals surface area contributed by atoms with Crippen LogP contribution in [0, 0.1) is 0 Å². The average Bonchev–Trinajstić information content (AvgIpc) is 1.86. The normalized spacial score (nSPS) is 15.5. The van der Waals surface area contributed by atoms with Crippen molar-refractivity contribution in [3.63, 3.8) is 0 Å². The molecule has 0 aromatic carbocycles. The molecule has 0 aliphatic carbocycles. The second kappa shape index (κ2) is 3.58. The Morgan fingerprint density at radius 1 is 2.00 bits per heavy atom. The van der Waals surface area contributed by atoms with Crippen molar-refractivity contribution >= 4 is 17.6 Å². The predicted molar refractivity (Wildman–Crippen MR) is 39.6 cm³/mol. The van der Waals surface area contributed by atoms with Gasteiger partial charge in [-0.05, 0) is 0 Å². The molecule has 4 heteroatoms. The SMILES string of the molecule is C=CCC(N)(Cl)C(=O)OC. The summed E-state index contributed by atoms with van der Waals surface area (Å²) in [6.45, 7) is 3.39. The van der Waals surface area contributed by atoms with Gasteiger partial charge in [0.15, 0.2) is 5.00 Å². The lowest BCUT2D eigenvalue weighted by atomic mass is 10.2. The van der Waals surface area contributed by atoms with E-state index < -0.39 is 11.0 Å². The molecular weight excluding hydrogens is 154 g/mol. The Hall–Kier alpha value is -0.540. The Balaban J connectivity index is 4.08. The van der Waals surface area contributed by atoms with Crippen molar-refractivity contribution < 1.29 is 9.53 Å². The number of nitrogens with two attached hydrogens (primary N) is 1. The summed E-state index contributed by atoms with van der Waals surface area (Å²) >= 11 is 5.52. The van der Waals surface area contributed by atoms with Gasteiger partial charge in [0.2, 0.25) is 0 Å². The summed E-state index contributed by atoms with van der Waals surface area (Å²) in [6.07, 6.45) is 1.66. The minimum absolute atomic E-state index is 0.196. The molecule has 0 spiro atoms. The summed E-state index contributed by atoms with van der Waals surface area (Å²) in [6, 6.07) is 0. The Kier molecular flexibility index (Phi) is 3.39. The van der Waals surface area contributed by atoms with E-state index >= 15 is 0 Å². The van der Waals surface area contributed by atoms with E-state index in [4.69, 9.17) is 17.3 Å². The fraction of sp³-hybridized carbons (Fsp3) is 0.500. The number of halogens is 1. The first-order chi connectivity index (χ1) is 4.54. The van der Waals surface area contributed by atoms with Crippen LogP contribution >= 0.6 is 11.6 Å². The summed E-state index contributed by atoms with van der Waals surface area (Å²) in [7, 11) is 1.23. The second-order valence-electron chi connectivity index (χ2n) is 1.85. The molecule has 0 saturated heterocycles. The maximum atomic E-state index is 10.7. The second-order valence-corrected chi connectivity index (χ2v) is 2.52. The van der Waals surface area contributed by atoms with Crippen LogP contribution in [0.25, 0.3) is 0 Å². The predicted octanol–water partition coefficient (Wildman–Crippen LogP) is 0.629. The number of hydrogen-bond acceptors (Lipinski definition) is 3. The van der Waals surface area contributed by atoms with Gasteiger partial charge in [0.25, 0.3) is 0 Å². The van der Waals surface area contributed by atoms with Crippen LogP contribution in [-0.2, 0) is 9.53 Å². The van der Waals surface area contributed by atoms with Gasteiger partial charge in [0.05, 0.1) is 7.11 Å². The van der Waals surface area contributed by atoms with Crippen LogP contribution in [0.15, 0.2) is 12.7 Å². The molecule has 0 heterocycles. The van der Waals surface area contributed by atoms with E-state index in [1.165, 1.54) is 13.2 Å². The quantitative estimate of drug-likeness (QED) is 0.287. The zero-order valence-electron chi connectivity index (χ0n) is 5.76. The first-order valence-electron chi connectivity index (χ1n) is 2.71. The number of rotatable bonds is 3. The van der Waals surface area contributed by atoms with Crippen molar-refractivity contribution in [1.82, 2.24) is 0 Å². The fourth-order valence-corrected chi connectivity index (χ4v) is 0.649. The van der Waals surface area contributed by atoms with Gasteiger partial charge in [-0.3, -0.25) is 0 Å². The van der Waals surface area contributed by atoms with E-state index in [1.54, 1.807) is 0 Å². The molecule has 0 aromatic heterocycles. The number of carbonyl (C=O) groups excluding carboxylic acids is 1. The van der Waals surface area contributed by atoms with Crippen LogP contribution < -0.4 is 5.73 Å². The minimum Gasteiger partial charge on any atom is -0.467 e. The molecule has 58 valence electrons. The van der Waals surface area contributed by atoms with Crippen LogP contribution in [0.2, 0.25) is 0 Å². The van der Waals surface area contributed by atoms with E-state index in [1.807, 2.05) is 0 Å². The molecule has 0 aromatic rings. The van der Waals surface area contributed by atoms with Gasteiger partial charge < -0.3 is 10.5 Å². The molecule has 3 nitrogen and oxygen atoms in total. The zero-order chi connectivity index (χ0) is 8.20. The van der Waals surface area contributed by atoms with Crippen molar-refractivity contribution in [3.05, 3.63) is 12.7 Å². The molecular formula is C6H10ClNO2. The zero-order valence-corrected chi connectivity index (χ0v) is 6.52. The lowest BCUT2D eigenvalue weighted by Gasteiger charge is -2.15. The molecule has 0 bridgehead atoms. The Morgan fingerprint density at radius 2 is 2.50 bits per heavy atom. The molecule has 10 heavy (non-hydrogen) atoms. The highest BCUT2D eigenvalue weighted by molar-refractivity contribution is 6.33. The van der Waals surface area contributed by atoms with Gasteiger partial charge in [-0.25, -0.2) is 4.79 Å². The highest BCUT2D eigenvalue weighted by atomic mass is 35.5. The van der Waals surface area contributed by atoms with Crippen molar-refractivity contribution in [3.8, 4) is 0 Å². The van der Waals surface area contributed by atoms with Crippen molar-refractivity contribution in [2.45, 2.75) is 11.4 Å². The lowest BCUT2D eigenvalue weighted by Crippen LogP contribution is -2.42. The number of carbonyl (C=O) groups is 1. The number of methoxy groups -OCH3 is 1. The van der Waals surface area contributed by atoms with Gasteiger partial charge >= 0.3 is 5.97 Å². The number of hydrogen-bond donors (Lipinski definition) is 1. The maximum Gasteiger partial charge on any atom is 0.341 e. The summed E-state index contributed by atoms with van der Waals surface area (Å²) in [4.78, 5) is 9.25. The van der Waals surface area contributed by atoms with Crippen LogP contribution in [0.3, 0.4) is 0 Å². The molecule has 0 aliphatic heterocycles. The molecule has 0 rings (SSSR count). The van der Waals surface area contributed by atoms with Crippen molar-refractivity contribution in [1.29, 1.82) is 0 Å². The van der Waals surface area contributed by atoms with Crippen molar-refractivity contribution in [2.75, 3.05) is 7.11 Å². The molecule has 0 aliphatic rings. The lowest BCUT2D eigenvalue weighted by molar-refractivity contribution is -0.143. The highest BCUT2D eigenvalue weighted by Gasteiger charge is 2.30. The molecule has 1 unspecified atom stereocenters. The summed E-state index contributed by atoms with van der Waals surface area (Å²) in [5.41, 5.74) is 5.30. The largest absolute Gasteiger partial charge is 0.467 e. The number of alkyl halides is 1. The minimum atomic E-state index is -1.45. The van der Waals surface area contributed by atoms with Crippen LogP contribution in [0.1, 0.15) is 6.42 Å². The average molecular weight is 164 g/mol. The van der Waals surface area contributed by atoms with Crippen LogP contribution in [-0.4, -0.2) is 18.1 Å². The first kappa shape index (κ1) is 9.46. The van der Waals surface area contributed by atoms with E-state index in [0.717, 1.165) is 0 Å². The van der Waals surface area contributed by atoms with E-state index in [9.17, 15) is 4.79 Å². The molecule has 0 radical (unpaired) electrons. The van der Waals surface area contributed by atoms with E-state index in [-0.39, 0.29) is 6.42 Å². The smallest absolute Gasteiger partial charge is 0.341 e. The Bertz CT molecular complexity index is 145. The first-order valence-corrected chi connectivity index (χ1v) is 3.09. The summed E-state index contributed by atoms with van der Waals surface area (Å²) in [5, 5.41) is 0. The summed E-state index contributed by atoms with van der Waals surface area (Å²) < 4.78 is 4.32. The molecule has 0 saturated carbocycles. The summed E-state index contributed by atoms with van der Waals surface area (Å²) in [5.74, 6) is -0.644. The van der Waals surface area contributed by atoms with Gasteiger partial charge in [-0.2, -0.15) is 0 Å². The standard InChI is InChI=1S/C6H10ClNO2/c1-3-4-6(7,8)5(9)10-2/h3H,1,4,8H2,2H3. The number of ether oxygens (including phenoxy) is 1. The van der Waals surface area contributed by atoms with E-state index in [0.29, 0.717) is 0 Å². The highest BCUT2D eigenvalue weighted by Crippen LogP contribution is 2.14. The monoisotopic (exact) mass is 163 g/mol. The van der Waals surface area contributed by atoms with Crippen molar-refractivity contribution in [2.24, 2.45) is 5.73 Å². The topological polar surface area (TPSA) is 52.3 Å². The molecule has 0 fully saturated rings. The molecule has 2 N–H and O–H groups in total. The van der Waals surface area contributed by atoms with Gasteiger partial charge in [-0.1, -0.05) is 17.7 Å². The third kappa shape index (κ3) is 2.37.